The first-order valence-corrected chi connectivity index (χ1v) is 5.02. The normalized spacial score (nSPS) is 14.9. The third kappa shape index (κ3) is 2.12. The van der Waals surface area contributed by atoms with Crippen molar-refractivity contribution in [1.82, 2.24) is 5.43 Å². The average molecular weight is 208 g/mol. The van der Waals surface area contributed by atoms with Crippen LogP contribution in [0.3, 0.4) is 0 Å². The Kier molecular flexibility index (Phi) is 3.20. The van der Waals surface area contributed by atoms with Gasteiger partial charge in [0, 0.05) is 26.3 Å². The predicted octanol–water partition coefficient (Wildman–Crippen LogP) is 1.45. The summed E-state index contributed by atoms with van der Waals surface area (Å²) < 4.78 is 10.4. The van der Waals surface area contributed by atoms with E-state index in [1.807, 2.05) is 12.1 Å². The molecule has 15 heavy (non-hydrogen) atoms. The Labute approximate surface area is 89.5 Å². The zero-order chi connectivity index (χ0) is 10.7. The van der Waals surface area contributed by atoms with Crippen molar-refractivity contribution in [3.05, 3.63) is 29.3 Å². The third-order valence-corrected chi connectivity index (χ3v) is 2.57. The minimum Gasteiger partial charge on any atom is -0.352 e. The second kappa shape index (κ2) is 4.61. The first-order chi connectivity index (χ1) is 7.35. The van der Waals surface area contributed by atoms with Crippen LogP contribution in [-0.4, -0.2) is 20.8 Å². The molecule has 0 fully saturated rings. The van der Waals surface area contributed by atoms with Crippen LogP contribution < -0.4 is 10.9 Å². The SMILES string of the molecule is COC(OC)c1ccc2c(c1)CCNN2. The highest BCUT2D eigenvalue weighted by Crippen LogP contribution is 2.25. The second-order valence-electron chi connectivity index (χ2n) is 3.52. The van der Waals surface area contributed by atoms with Crippen LogP contribution in [0.1, 0.15) is 17.4 Å². The van der Waals surface area contributed by atoms with E-state index in [9.17, 15) is 0 Å². The zero-order valence-electron chi connectivity index (χ0n) is 9.04. The van der Waals surface area contributed by atoms with Gasteiger partial charge in [-0.25, -0.2) is 5.43 Å². The molecule has 0 saturated heterocycles. The molecule has 1 aliphatic heterocycles. The molecule has 0 unspecified atom stereocenters. The largest absolute Gasteiger partial charge is 0.352 e. The van der Waals surface area contributed by atoms with Gasteiger partial charge in [0.2, 0.25) is 0 Å². The number of benzene rings is 1. The quantitative estimate of drug-likeness (QED) is 0.738. The third-order valence-electron chi connectivity index (χ3n) is 2.57. The van der Waals surface area contributed by atoms with Crippen LogP contribution in [-0.2, 0) is 15.9 Å². The van der Waals surface area contributed by atoms with Crippen LogP contribution in [0.15, 0.2) is 18.2 Å². The summed E-state index contributed by atoms with van der Waals surface area (Å²) in [4.78, 5) is 0. The van der Waals surface area contributed by atoms with Gasteiger partial charge in [-0.1, -0.05) is 6.07 Å². The maximum Gasteiger partial charge on any atom is 0.183 e. The Morgan fingerprint density at radius 3 is 2.80 bits per heavy atom. The molecule has 1 aromatic carbocycles. The maximum atomic E-state index is 5.22. The van der Waals surface area contributed by atoms with Crippen molar-refractivity contribution >= 4 is 5.69 Å². The summed E-state index contributed by atoms with van der Waals surface area (Å²) in [7, 11) is 3.29. The van der Waals surface area contributed by atoms with E-state index in [4.69, 9.17) is 9.47 Å². The molecule has 82 valence electrons. The standard InChI is InChI=1S/C11H16N2O2/c1-14-11(15-2)9-3-4-10-8(7-9)5-6-12-13-10/h3-4,7,11-13H,5-6H2,1-2H3. The fourth-order valence-electron chi connectivity index (χ4n) is 1.81. The van der Waals surface area contributed by atoms with Crippen molar-refractivity contribution < 1.29 is 9.47 Å². The molecule has 0 aromatic heterocycles. The topological polar surface area (TPSA) is 42.5 Å². The number of nitrogens with one attached hydrogen (secondary N) is 2. The van der Waals surface area contributed by atoms with Crippen LogP contribution >= 0.6 is 0 Å². The first-order valence-electron chi connectivity index (χ1n) is 5.02. The fourth-order valence-corrected chi connectivity index (χ4v) is 1.81. The molecule has 0 saturated carbocycles. The van der Waals surface area contributed by atoms with Gasteiger partial charge in [-0.05, 0) is 24.1 Å². The smallest absolute Gasteiger partial charge is 0.183 e. The molecule has 4 heteroatoms. The molecule has 0 aliphatic carbocycles. The Morgan fingerprint density at radius 1 is 1.27 bits per heavy atom. The lowest BCUT2D eigenvalue weighted by molar-refractivity contribution is -0.106. The monoisotopic (exact) mass is 208 g/mol. The van der Waals surface area contributed by atoms with E-state index in [2.05, 4.69) is 16.9 Å². The number of ether oxygens (including phenoxy) is 2. The van der Waals surface area contributed by atoms with Gasteiger partial charge in [0.15, 0.2) is 6.29 Å². The number of hydrazine groups is 1. The average Bonchev–Trinajstić information content (AvgIpc) is 2.30. The maximum absolute atomic E-state index is 5.22. The second-order valence-corrected chi connectivity index (χ2v) is 3.52. The molecule has 0 amide bonds. The molecule has 0 spiro atoms. The van der Waals surface area contributed by atoms with Gasteiger partial charge in [-0.2, -0.15) is 0 Å². The van der Waals surface area contributed by atoms with Gasteiger partial charge in [-0.3, -0.25) is 0 Å². The molecule has 1 aliphatic rings. The summed E-state index contributed by atoms with van der Waals surface area (Å²) in [5, 5.41) is 0. The van der Waals surface area contributed by atoms with Crippen molar-refractivity contribution in [3.8, 4) is 0 Å². The molecule has 0 atom stereocenters. The van der Waals surface area contributed by atoms with Crippen LogP contribution in [0.4, 0.5) is 5.69 Å². The summed E-state index contributed by atoms with van der Waals surface area (Å²) in [5.41, 5.74) is 9.73. The van der Waals surface area contributed by atoms with Crippen LogP contribution in [0.5, 0.6) is 0 Å². The van der Waals surface area contributed by atoms with E-state index >= 15 is 0 Å². The van der Waals surface area contributed by atoms with E-state index in [1.54, 1.807) is 14.2 Å². The van der Waals surface area contributed by atoms with Crippen molar-refractivity contribution in [3.63, 3.8) is 0 Å². The number of fused-ring (bicyclic) bond motifs is 1. The van der Waals surface area contributed by atoms with Crippen molar-refractivity contribution in [2.24, 2.45) is 0 Å². The van der Waals surface area contributed by atoms with Gasteiger partial charge in [0.25, 0.3) is 0 Å². The van der Waals surface area contributed by atoms with Gasteiger partial charge < -0.3 is 14.9 Å². The highest BCUT2D eigenvalue weighted by atomic mass is 16.7. The van der Waals surface area contributed by atoms with Crippen LogP contribution in [0.2, 0.25) is 0 Å². The molecule has 2 rings (SSSR count). The molecule has 0 radical (unpaired) electrons. The van der Waals surface area contributed by atoms with Crippen LogP contribution in [0, 0.1) is 0 Å². The summed E-state index contributed by atoms with van der Waals surface area (Å²) in [6, 6.07) is 6.18. The molecular weight excluding hydrogens is 192 g/mol. The highest BCUT2D eigenvalue weighted by molar-refractivity contribution is 5.53. The van der Waals surface area contributed by atoms with Gasteiger partial charge >= 0.3 is 0 Å². The Morgan fingerprint density at radius 2 is 2.07 bits per heavy atom. The van der Waals surface area contributed by atoms with Crippen molar-refractivity contribution in [2.75, 3.05) is 26.2 Å². The summed E-state index contributed by atoms with van der Waals surface area (Å²) in [5.74, 6) is 0. The van der Waals surface area contributed by atoms with Crippen LogP contribution in [0.25, 0.3) is 0 Å². The number of anilines is 1. The minimum absolute atomic E-state index is 0.273. The Hall–Kier alpha value is -1.10. The van der Waals surface area contributed by atoms with E-state index in [-0.39, 0.29) is 6.29 Å². The molecule has 2 N–H and O–H groups in total. The fraction of sp³-hybridized carbons (Fsp3) is 0.455. The van der Waals surface area contributed by atoms with E-state index < -0.39 is 0 Å². The molecule has 1 heterocycles. The molecule has 4 nitrogen and oxygen atoms in total. The van der Waals surface area contributed by atoms with Crippen molar-refractivity contribution in [1.29, 1.82) is 0 Å². The number of hydrogen-bond donors (Lipinski definition) is 2. The summed E-state index contributed by atoms with van der Waals surface area (Å²) >= 11 is 0. The zero-order valence-corrected chi connectivity index (χ0v) is 9.04. The Balaban J connectivity index is 2.27. The molecule has 1 aromatic rings. The van der Waals surface area contributed by atoms with Gasteiger partial charge in [0.1, 0.15) is 0 Å². The lowest BCUT2D eigenvalue weighted by Crippen LogP contribution is -2.29. The molecule has 0 bridgehead atoms. The van der Waals surface area contributed by atoms with Gasteiger partial charge in [0.05, 0.1) is 5.69 Å². The van der Waals surface area contributed by atoms with E-state index in [0.29, 0.717) is 0 Å². The minimum atomic E-state index is -0.273. The Bertz CT molecular complexity index is 337. The lowest BCUT2D eigenvalue weighted by Gasteiger charge is -2.21. The molecular formula is C11H16N2O2. The number of hydrogen-bond acceptors (Lipinski definition) is 4. The van der Waals surface area contributed by atoms with Gasteiger partial charge in [-0.15, -0.1) is 0 Å². The lowest BCUT2D eigenvalue weighted by atomic mass is 10.0. The number of methoxy groups -OCH3 is 2. The number of rotatable bonds is 3. The summed E-state index contributed by atoms with van der Waals surface area (Å²) in [6.45, 7) is 0.946. The first kappa shape index (κ1) is 10.4. The van der Waals surface area contributed by atoms with E-state index in [1.165, 1.54) is 5.56 Å². The predicted molar refractivity (Wildman–Crippen MR) is 58.5 cm³/mol. The van der Waals surface area contributed by atoms with E-state index in [0.717, 1.165) is 24.2 Å². The summed E-state index contributed by atoms with van der Waals surface area (Å²) in [6.07, 6.45) is 0.751. The highest BCUT2D eigenvalue weighted by Gasteiger charge is 2.13. The van der Waals surface area contributed by atoms with Crippen molar-refractivity contribution in [2.45, 2.75) is 12.7 Å².